The number of ether oxygens (including phenoxy) is 1. The summed E-state index contributed by atoms with van der Waals surface area (Å²) in [5.41, 5.74) is 4.87. The third-order valence-corrected chi connectivity index (χ3v) is 2.29. The molecule has 2 rings (SSSR count). The van der Waals surface area contributed by atoms with Gasteiger partial charge in [0.05, 0.1) is 11.1 Å². The van der Waals surface area contributed by atoms with Crippen LogP contribution in [0, 0.1) is 15.9 Å². The van der Waals surface area contributed by atoms with Gasteiger partial charge in [-0.3, -0.25) is 10.1 Å². The molecule has 0 saturated heterocycles. The SMILES string of the molecule is Nc1ncc(F)c(Oc2ccc(Cl)cc2[N+](=O)[O-])n1. The van der Waals surface area contributed by atoms with Crippen LogP contribution in [0.3, 0.4) is 0 Å². The van der Waals surface area contributed by atoms with E-state index in [9.17, 15) is 14.5 Å². The summed E-state index contributed by atoms with van der Waals surface area (Å²) in [6.45, 7) is 0. The van der Waals surface area contributed by atoms with Crippen molar-refractivity contribution in [3.05, 3.63) is 45.4 Å². The highest BCUT2D eigenvalue weighted by atomic mass is 35.5. The molecule has 7 nitrogen and oxygen atoms in total. The van der Waals surface area contributed by atoms with E-state index in [-0.39, 0.29) is 16.7 Å². The van der Waals surface area contributed by atoms with Crippen molar-refractivity contribution < 1.29 is 14.1 Å². The molecule has 9 heteroatoms. The van der Waals surface area contributed by atoms with E-state index in [4.69, 9.17) is 22.1 Å². The summed E-state index contributed by atoms with van der Waals surface area (Å²) >= 11 is 5.64. The average molecular weight is 285 g/mol. The van der Waals surface area contributed by atoms with Crippen molar-refractivity contribution in [1.29, 1.82) is 0 Å². The monoisotopic (exact) mass is 284 g/mol. The molecular weight excluding hydrogens is 279 g/mol. The van der Waals surface area contributed by atoms with Gasteiger partial charge in [0.1, 0.15) is 0 Å². The summed E-state index contributed by atoms with van der Waals surface area (Å²) in [5, 5.41) is 11.0. The molecule has 0 aliphatic rings. The van der Waals surface area contributed by atoms with Crippen LogP contribution in [-0.2, 0) is 0 Å². The molecule has 0 spiro atoms. The van der Waals surface area contributed by atoms with Gasteiger partial charge >= 0.3 is 5.69 Å². The summed E-state index contributed by atoms with van der Waals surface area (Å²) in [6.07, 6.45) is 0.805. The number of halogens is 2. The molecule has 0 aliphatic carbocycles. The lowest BCUT2D eigenvalue weighted by molar-refractivity contribution is -0.385. The van der Waals surface area contributed by atoms with Crippen LogP contribution in [0.4, 0.5) is 16.0 Å². The minimum absolute atomic E-state index is 0.154. The molecule has 19 heavy (non-hydrogen) atoms. The molecule has 0 fully saturated rings. The summed E-state index contributed by atoms with van der Waals surface area (Å²) in [6, 6.07) is 3.68. The Bertz CT molecular complexity index is 653. The van der Waals surface area contributed by atoms with Crippen molar-refractivity contribution in [2.24, 2.45) is 0 Å². The van der Waals surface area contributed by atoms with Gasteiger partial charge in [-0.25, -0.2) is 4.98 Å². The first-order valence-corrected chi connectivity index (χ1v) is 5.25. The highest BCUT2D eigenvalue weighted by Crippen LogP contribution is 2.33. The van der Waals surface area contributed by atoms with Crippen molar-refractivity contribution in [1.82, 2.24) is 9.97 Å². The highest BCUT2D eigenvalue weighted by molar-refractivity contribution is 6.30. The number of benzene rings is 1. The zero-order valence-corrected chi connectivity index (χ0v) is 9.96. The molecule has 0 saturated carbocycles. The maximum absolute atomic E-state index is 13.4. The number of nitrogens with two attached hydrogens (primary N) is 1. The fraction of sp³-hybridized carbons (Fsp3) is 0. The smallest absolute Gasteiger partial charge is 0.313 e. The topological polar surface area (TPSA) is 104 Å². The number of nitro groups is 1. The third kappa shape index (κ3) is 2.86. The van der Waals surface area contributed by atoms with Gasteiger partial charge in [-0.1, -0.05) is 11.6 Å². The fourth-order valence-corrected chi connectivity index (χ4v) is 1.43. The van der Waals surface area contributed by atoms with E-state index in [1.165, 1.54) is 12.1 Å². The van der Waals surface area contributed by atoms with Crippen LogP contribution in [0.1, 0.15) is 0 Å². The van der Waals surface area contributed by atoms with Crippen molar-refractivity contribution in [3.8, 4) is 11.6 Å². The molecular formula is C10H6ClFN4O3. The molecule has 0 radical (unpaired) electrons. The second kappa shape index (κ2) is 5.02. The maximum Gasteiger partial charge on any atom is 0.313 e. The molecule has 98 valence electrons. The van der Waals surface area contributed by atoms with Gasteiger partial charge in [-0.05, 0) is 12.1 Å². The van der Waals surface area contributed by atoms with Gasteiger partial charge in [-0.15, -0.1) is 0 Å². The van der Waals surface area contributed by atoms with E-state index < -0.39 is 22.3 Å². The molecule has 0 amide bonds. The van der Waals surface area contributed by atoms with Crippen molar-refractivity contribution in [2.45, 2.75) is 0 Å². The Hall–Kier alpha value is -2.48. The second-order valence-electron chi connectivity index (χ2n) is 3.35. The second-order valence-corrected chi connectivity index (χ2v) is 3.79. The van der Waals surface area contributed by atoms with E-state index >= 15 is 0 Å². The zero-order valence-electron chi connectivity index (χ0n) is 9.21. The molecule has 1 heterocycles. The Morgan fingerprint density at radius 3 is 2.89 bits per heavy atom. The number of anilines is 1. The summed E-state index contributed by atoms with van der Waals surface area (Å²) < 4.78 is 18.4. The number of rotatable bonds is 3. The Balaban J connectivity index is 2.43. The number of aromatic nitrogens is 2. The van der Waals surface area contributed by atoms with Crippen LogP contribution >= 0.6 is 11.6 Å². The lowest BCUT2D eigenvalue weighted by atomic mass is 10.3. The average Bonchev–Trinajstić information content (AvgIpc) is 2.35. The maximum atomic E-state index is 13.4. The molecule has 0 aliphatic heterocycles. The van der Waals surface area contributed by atoms with E-state index in [0.717, 1.165) is 12.3 Å². The number of nitrogen functional groups attached to an aromatic ring is 1. The van der Waals surface area contributed by atoms with Crippen LogP contribution < -0.4 is 10.5 Å². The van der Waals surface area contributed by atoms with Gasteiger partial charge in [0.2, 0.25) is 17.5 Å². The highest BCUT2D eigenvalue weighted by Gasteiger charge is 2.18. The van der Waals surface area contributed by atoms with E-state index in [2.05, 4.69) is 9.97 Å². The standard InChI is InChI=1S/C10H6ClFN4O3/c11-5-1-2-8(7(3-5)16(17)18)19-9-6(12)4-14-10(13)15-9/h1-4H,(H2,13,14,15). The van der Waals surface area contributed by atoms with Gasteiger partial charge in [0.15, 0.2) is 0 Å². The van der Waals surface area contributed by atoms with Gasteiger partial charge in [-0.2, -0.15) is 9.37 Å². The summed E-state index contributed by atoms with van der Waals surface area (Å²) in [5.74, 6) is -1.81. The van der Waals surface area contributed by atoms with Crippen LogP contribution in [0.2, 0.25) is 5.02 Å². The number of hydrogen-bond donors (Lipinski definition) is 1. The zero-order chi connectivity index (χ0) is 14.0. The van der Waals surface area contributed by atoms with E-state index in [1.807, 2.05) is 0 Å². The largest absolute Gasteiger partial charge is 0.429 e. The predicted molar refractivity (Wildman–Crippen MR) is 64.6 cm³/mol. The van der Waals surface area contributed by atoms with Gasteiger partial charge in [0, 0.05) is 11.1 Å². The first-order valence-electron chi connectivity index (χ1n) is 4.87. The van der Waals surface area contributed by atoms with Crippen molar-refractivity contribution >= 4 is 23.2 Å². The number of hydrogen-bond acceptors (Lipinski definition) is 6. The minimum atomic E-state index is -0.890. The Morgan fingerprint density at radius 1 is 1.47 bits per heavy atom. The first kappa shape index (κ1) is 13.0. The molecule has 1 aromatic heterocycles. The lowest BCUT2D eigenvalue weighted by Crippen LogP contribution is -2.01. The molecule has 2 aromatic rings. The minimum Gasteiger partial charge on any atom is -0.429 e. The van der Waals surface area contributed by atoms with E-state index in [1.54, 1.807) is 0 Å². The Kier molecular flexibility index (Phi) is 3.43. The summed E-state index contributed by atoms with van der Waals surface area (Å²) in [4.78, 5) is 17.0. The van der Waals surface area contributed by atoms with Gasteiger partial charge < -0.3 is 10.5 Å². The van der Waals surface area contributed by atoms with Crippen LogP contribution in [0.15, 0.2) is 24.4 Å². The molecule has 0 unspecified atom stereocenters. The van der Waals surface area contributed by atoms with Crippen LogP contribution in [0.25, 0.3) is 0 Å². The molecule has 2 N–H and O–H groups in total. The van der Waals surface area contributed by atoms with Crippen molar-refractivity contribution in [2.75, 3.05) is 5.73 Å². The normalized spacial score (nSPS) is 10.2. The van der Waals surface area contributed by atoms with Crippen molar-refractivity contribution in [3.63, 3.8) is 0 Å². The predicted octanol–water partition coefficient (Wildman–Crippen LogP) is 2.55. The Labute approximate surface area is 111 Å². The number of nitro benzene ring substituents is 1. The fourth-order valence-electron chi connectivity index (χ4n) is 1.26. The molecule has 1 aromatic carbocycles. The summed E-state index contributed by atoms with van der Waals surface area (Å²) in [7, 11) is 0. The lowest BCUT2D eigenvalue weighted by Gasteiger charge is -2.06. The number of nitrogens with zero attached hydrogens (tertiary/aromatic N) is 3. The third-order valence-electron chi connectivity index (χ3n) is 2.05. The molecule has 0 atom stereocenters. The first-order chi connectivity index (χ1) is 8.97. The molecule has 0 bridgehead atoms. The van der Waals surface area contributed by atoms with Gasteiger partial charge in [0.25, 0.3) is 5.88 Å². The Morgan fingerprint density at radius 2 is 2.21 bits per heavy atom. The quantitative estimate of drug-likeness (QED) is 0.686. The van der Waals surface area contributed by atoms with E-state index in [0.29, 0.717) is 0 Å². The van der Waals surface area contributed by atoms with Crippen LogP contribution in [0.5, 0.6) is 11.6 Å². The van der Waals surface area contributed by atoms with Crippen LogP contribution in [-0.4, -0.2) is 14.9 Å².